The molecule has 0 saturated carbocycles. The lowest BCUT2D eigenvalue weighted by molar-refractivity contribution is -0.142. The quantitative estimate of drug-likeness (QED) is 0.319. The number of hydrogen-bond acceptors (Lipinski definition) is 11. The molecule has 4 aromatic heterocycles. The topological polar surface area (TPSA) is 141 Å². The molecule has 0 amide bonds. The van der Waals surface area contributed by atoms with E-state index >= 15 is 0 Å². The minimum absolute atomic E-state index is 0.0946. The first-order valence-corrected chi connectivity index (χ1v) is 10.8. The van der Waals surface area contributed by atoms with Crippen LogP contribution in [0.15, 0.2) is 59.7 Å². The van der Waals surface area contributed by atoms with Gasteiger partial charge in [-0.15, -0.1) is 10.2 Å². The van der Waals surface area contributed by atoms with E-state index in [-0.39, 0.29) is 18.4 Å². The molecule has 0 saturated heterocycles. The Labute approximate surface area is 196 Å². The molecule has 0 aromatic carbocycles. The fourth-order valence-electron chi connectivity index (χ4n) is 3.09. The van der Waals surface area contributed by atoms with Crippen molar-refractivity contribution in [2.24, 2.45) is 0 Å². The molecule has 11 heteroatoms. The number of carbonyl (C=O) groups excluding carboxylic acids is 1. The van der Waals surface area contributed by atoms with Gasteiger partial charge in [-0.25, -0.2) is 4.98 Å². The van der Waals surface area contributed by atoms with E-state index in [1.807, 2.05) is 24.3 Å². The predicted molar refractivity (Wildman–Crippen MR) is 124 cm³/mol. The Kier molecular flexibility index (Phi) is 7.67. The molecule has 174 valence electrons. The number of hydrogen-bond donors (Lipinski definition) is 2. The van der Waals surface area contributed by atoms with Crippen LogP contribution in [0, 0.1) is 0 Å². The van der Waals surface area contributed by atoms with E-state index in [9.17, 15) is 4.79 Å². The molecule has 0 spiro atoms. The monoisotopic (exact) mass is 460 g/mol. The lowest BCUT2D eigenvalue weighted by atomic mass is 10.2. The molecule has 0 bridgehead atoms. The predicted octanol–water partition coefficient (Wildman–Crippen LogP) is 2.69. The first-order chi connectivity index (χ1) is 16.7. The van der Waals surface area contributed by atoms with Crippen LogP contribution in [-0.4, -0.2) is 49.2 Å². The normalized spacial score (nSPS) is 10.6. The molecule has 4 aromatic rings. The van der Waals surface area contributed by atoms with Crippen molar-refractivity contribution in [3.63, 3.8) is 0 Å². The zero-order chi connectivity index (χ0) is 23.6. The van der Waals surface area contributed by atoms with Gasteiger partial charge in [-0.3, -0.25) is 14.8 Å². The Bertz CT molecular complexity index is 1200. The second-order valence-corrected chi connectivity index (χ2v) is 7.30. The number of anilines is 2. The van der Waals surface area contributed by atoms with Crippen LogP contribution in [0.2, 0.25) is 0 Å². The number of esters is 1. The van der Waals surface area contributed by atoms with Gasteiger partial charge in [0.1, 0.15) is 5.82 Å². The molecule has 0 aliphatic rings. The maximum Gasteiger partial charge on any atom is 0.303 e. The van der Waals surface area contributed by atoms with Crippen molar-refractivity contribution in [2.75, 3.05) is 23.7 Å². The minimum Gasteiger partial charge on any atom is -0.456 e. The summed E-state index contributed by atoms with van der Waals surface area (Å²) in [7, 11) is 0. The van der Waals surface area contributed by atoms with E-state index in [0.29, 0.717) is 30.4 Å². The Morgan fingerprint density at radius 3 is 2.24 bits per heavy atom. The second-order valence-electron chi connectivity index (χ2n) is 7.30. The summed E-state index contributed by atoms with van der Waals surface area (Å²) in [5, 5.41) is 14.6. The van der Waals surface area contributed by atoms with E-state index in [1.165, 1.54) is 12.5 Å². The molecule has 0 fully saturated rings. The van der Waals surface area contributed by atoms with Crippen LogP contribution in [0.4, 0.5) is 11.8 Å². The summed E-state index contributed by atoms with van der Waals surface area (Å²) < 4.78 is 10.6. The highest BCUT2D eigenvalue weighted by Gasteiger charge is 2.16. The first-order valence-electron chi connectivity index (χ1n) is 10.8. The van der Waals surface area contributed by atoms with E-state index in [2.05, 4.69) is 40.8 Å². The largest absolute Gasteiger partial charge is 0.456 e. The van der Waals surface area contributed by atoms with Gasteiger partial charge < -0.3 is 19.8 Å². The van der Waals surface area contributed by atoms with Crippen molar-refractivity contribution < 1.29 is 13.9 Å². The van der Waals surface area contributed by atoms with Gasteiger partial charge in [0.25, 0.3) is 11.8 Å². The number of carbonyl (C=O) groups is 1. The van der Waals surface area contributed by atoms with E-state index in [1.54, 1.807) is 31.0 Å². The van der Waals surface area contributed by atoms with Gasteiger partial charge >= 0.3 is 5.97 Å². The minimum atomic E-state index is -0.427. The molecule has 11 nitrogen and oxygen atoms in total. The standard InChI is InChI=1S/C23H24N8O3/c1-16(32)33-15-20-30-31-22(34-20)19-14-28-23(27-13-7-18-4-10-25-11-5-18)29-21(19)26-12-6-17-2-8-24-9-3-17/h2-5,8-11,14H,6-7,12-13,15H2,1H3,(H2,26,27,28,29). The van der Waals surface area contributed by atoms with Crippen molar-refractivity contribution >= 4 is 17.7 Å². The van der Waals surface area contributed by atoms with Gasteiger partial charge in [-0.05, 0) is 48.2 Å². The average Bonchev–Trinajstić information content (AvgIpc) is 3.33. The van der Waals surface area contributed by atoms with Crippen LogP contribution in [0.25, 0.3) is 11.5 Å². The molecule has 0 aliphatic heterocycles. The van der Waals surface area contributed by atoms with Crippen LogP contribution >= 0.6 is 0 Å². The summed E-state index contributed by atoms with van der Waals surface area (Å²) in [5.41, 5.74) is 2.87. The summed E-state index contributed by atoms with van der Waals surface area (Å²) in [6.45, 7) is 2.50. The maximum atomic E-state index is 11.0. The summed E-state index contributed by atoms with van der Waals surface area (Å²) in [4.78, 5) is 28.1. The average molecular weight is 460 g/mol. The Hall–Kier alpha value is -4.41. The third kappa shape index (κ3) is 6.55. The number of pyridine rings is 2. The molecule has 0 atom stereocenters. The van der Waals surface area contributed by atoms with Crippen molar-refractivity contribution in [1.82, 2.24) is 30.1 Å². The molecule has 0 radical (unpaired) electrons. The zero-order valence-electron chi connectivity index (χ0n) is 18.6. The fraction of sp³-hybridized carbons (Fsp3) is 0.261. The van der Waals surface area contributed by atoms with Crippen LogP contribution in [0.3, 0.4) is 0 Å². The van der Waals surface area contributed by atoms with Crippen LogP contribution in [0.1, 0.15) is 23.9 Å². The van der Waals surface area contributed by atoms with Crippen molar-refractivity contribution in [3.05, 3.63) is 72.3 Å². The van der Waals surface area contributed by atoms with Crippen molar-refractivity contribution in [1.29, 1.82) is 0 Å². The van der Waals surface area contributed by atoms with Crippen LogP contribution < -0.4 is 10.6 Å². The second kappa shape index (κ2) is 11.5. The Morgan fingerprint density at radius 1 is 0.941 bits per heavy atom. The lowest BCUT2D eigenvalue weighted by Crippen LogP contribution is -2.12. The highest BCUT2D eigenvalue weighted by atomic mass is 16.5. The molecule has 0 unspecified atom stereocenters. The lowest BCUT2D eigenvalue weighted by Gasteiger charge is -2.11. The van der Waals surface area contributed by atoms with Gasteiger partial charge in [-0.1, -0.05) is 0 Å². The van der Waals surface area contributed by atoms with Crippen molar-refractivity contribution in [2.45, 2.75) is 26.4 Å². The number of aromatic nitrogens is 6. The Morgan fingerprint density at radius 2 is 1.59 bits per heavy atom. The van der Waals surface area contributed by atoms with Gasteiger partial charge in [0, 0.05) is 51.0 Å². The summed E-state index contributed by atoms with van der Waals surface area (Å²) in [6, 6.07) is 7.88. The van der Waals surface area contributed by atoms with E-state index in [0.717, 1.165) is 18.4 Å². The highest BCUT2D eigenvalue weighted by molar-refractivity contribution is 5.69. The molecule has 0 aliphatic carbocycles. The number of rotatable bonds is 11. The highest BCUT2D eigenvalue weighted by Crippen LogP contribution is 2.26. The molecule has 4 rings (SSSR count). The SMILES string of the molecule is CC(=O)OCc1nnc(-c2cnc(NCCc3ccncc3)nc2NCCc2ccncc2)o1. The number of ether oxygens (including phenoxy) is 1. The molecular weight excluding hydrogens is 436 g/mol. The molecule has 34 heavy (non-hydrogen) atoms. The molecular formula is C23H24N8O3. The fourth-order valence-corrected chi connectivity index (χ4v) is 3.09. The zero-order valence-corrected chi connectivity index (χ0v) is 18.6. The summed E-state index contributed by atoms with van der Waals surface area (Å²) in [6.07, 6.45) is 10.3. The third-order valence-corrected chi connectivity index (χ3v) is 4.79. The molecule has 2 N–H and O–H groups in total. The van der Waals surface area contributed by atoms with Crippen molar-refractivity contribution in [3.8, 4) is 11.5 Å². The number of nitrogens with one attached hydrogen (secondary N) is 2. The van der Waals surface area contributed by atoms with Gasteiger partial charge in [0.15, 0.2) is 6.61 Å². The molecule has 4 heterocycles. The van der Waals surface area contributed by atoms with E-state index < -0.39 is 5.97 Å². The van der Waals surface area contributed by atoms with Crippen LogP contribution in [-0.2, 0) is 29.0 Å². The maximum absolute atomic E-state index is 11.0. The Balaban J connectivity index is 1.47. The third-order valence-electron chi connectivity index (χ3n) is 4.79. The summed E-state index contributed by atoms with van der Waals surface area (Å²) >= 11 is 0. The van der Waals surface area contributed by atoms with Gasteiger partial charge in [-0.2, -0.15) is 4.98 Å². The summed E-state index contributed by atoms with van der Waals surface area (Å²) in [5.74, 6) is 1.02. The van der Waals surface area contributed by atoms with Crippen LogP contribution in [0.5, 0.6) is 0 Å². The van der Waals surface area contributed by atoms with Gasteiger partial charge in [0.2, 0.25) is 5.95 Å². The number of nitrogens with zero attached hydrogens (tertiary/aromatic N) is 6. The first kappa shape index (κ1) is 22.8. The smallest absolute Gasteiger partial charge is 0.303 e. The van der Waals surface area contributed by atoms with Gasteiger partial charge in [0.05, 0.1) is 5.56 Å². The van der Waals surface area contributed by atoms with E-state index in [4.69, 9.17) is 9.15 Å².